The Hall–Kier alpha value is -4.63. The molecule has 1 saturated carbocycles. The number of fused-ring (bicyclic) bond motifs is 2. The van der Waals surface area contributed by atoms with E-state index in [0.717, 1.165) is 81.3 Å². The van der Waals surface area contributed by atoms with Gasteiger partial charge in [0, 0.05) is 49.1 Å². The summed E-state index contributed by atoms with van der Waals surface area (Å²) in [5.41, 5.74) is 7.43. The fraction of sp³-hybridized carbons (Fsp3) is 0.243. The highest BCUT2D eigenvalue weighted by Crippen LogP contribution is 2.40. The Morgan fingerprint density at radius 1 is 0.870 bits per heavy atom. The number of ether oxygens (including phenoxy) is 1. The average Bonchev–Trinajstić information content (AvgIpc) is 3.46. The molecule has 1 N–H and O–H groups in total. The molecule has 1 aliphatic carbocycles. The summed E-state index contributed by atoms with van der Waals surface area (Å²) in [6, 6.07) is 31.3. The van der Waals surface area contributed by atoms with Crippen molar-refractivity contribution in [3.8, 4) is 11.3 Å². The number of benzene rings is 3. The Labute approximate surface area is 274 Å². The molecule has 3 aliphatic heterocycles. The van der Waals surface area contributed by atoms with Crippen molar-refractivity contribution in [2.24, 2.45) is 15.9 Å². The zero-order chi connectivity index (χ0) is 30.2. The summed E-state index contributed by atoms with van der Waals surface area (Å²) in [4.78, 5) is 32.9. The van der Waals surface area contributed by atoms with E-state index in [-0.39, 0.29) is 18.5 Å². The highest BCUT2D eigenvalue weighted by molar-refractivity contribution is 6.01. The van der Waals surface area contributed by atoms with Gasteiger partial charge in [0.25, 0.3) is 0 Å². The lowest BCUT2D eigenvalue weighted by molar-refractivity contribution is -0.689. The van der Waals surface area contributed by atoms with Gasteiger partial charge in [0.1, 0.15) is 18.5 Å². The van der Waals surface area contributed by atoms with Crippen molar-refractivity contribution in [3.63, 3.8) is 0 Å². The van der Waals surface area contributed by atoms with E-state index in [2.05, 4.69) is 58.6 Å². The Kier molecular flexibility index (Phi) is 8.49. The molecule has 46 heavy (non-hydrogen) atoms. The first-order chi connectivity index (χ1) is 22.2. The minimum Gasteiger partial charge on any atom is -1.00 e. The van der Waals surface area contributed by atoms with E-state index in [9.17, 15) is 4.79 Å². The number of halogens is 1. The molecule has 1 amide bonds. The number of piperazine rings is 1. The van der Waals surface area contributed by atoms with Crippen LogP contribution < -0.4 is 17.3 Å². The Balaban J connectivity index is 0.00000338. The largest absolute Gasteiger partial charge is 1.00 e. The number of aromatic nitrogens is 1. The number of allylic oxidation sites excluding steroid dienone is 2. The summed E-state index contributed by atoms with van der Waals surface area (Å²) >= 11 is 0. The molecule has 232 valence electrons. The Morgan fingerprint density at radius 2 is 1.61 bits per heavy atom. The third-order valence-corrected chi connectivity index (χ3v) is 9.41. The standard InChI is InChI=1S/C37H34N6O2.ClH/c44-37(45-25-26-7-3-1-4-8-26)42-19-17-41(18-20-42)31-21-30(22-31)35-34-24-38-15-16-43(34)36(40-35)29-12-11-28-13-14-32(39-33(28)23-29)27-9-5-2-6-10-27;/h1-16,23-24,30-31H,17-22,25H2;1H. The number of carbonyl (C=O) groups excluding carboxylic acids is 1. The average molecular weight is 631 g/mol. The highest BCUT2D eigenvalue weighted by atomic mass is 35.5. The number of pyridine rings is 1. The highest BCUT2D eigenvalue weighted by Gasteiger charge is 2.43. The molecule has 8 rings (SSSR count). The van der Waals surface area contributed by atoms with Gasteiger partial charge in [0.05, 0.1) is 29.2 Å². The molecular formula is C37H35ClN6O2. The van der Waals surface area contributed by atoms with Crippen LogP contribution in [0.25, 0.3) is 22.2 Å². The van der Waals surface area contributed by atoms with Crippen molar-refractivity contribution in [1.29, 1.82) is 0 Å². The quantitative estimate of drug-likeness (QED) is 0.354. The number of hydrogen-bond acceptors (Lipinski definition) is 6. The number of aliphatic imine (C=N–C) groups is 2. The van der Waals surface area contributed by atoms with Gasteiger partial charge in [-0.3, -0.25) is 9.89 Å². The lowest BCUT2D eigenvalue weighted by atomic mass is 9.76. The van der Waals surface area contributed by atoms with E-state index >= 15 is 0 Å². The fourth-order valence-electron chi connectivity index (χ4n) is 6.80. The first-order valence-electron chi connectivity index (χ1n) is 15.8. The molecule has 2 fully saturated rings. The van der Waals surface area contributed by atoms with Gasteiger partial charge >= 0.3 is 6.09 Å². The number of nitrogens with zero attached hydrogens (tertiary/aromatic N) is 5. The van der Waals surface area contributed by atoms with Crippen LogP contribution in [0.4, 0.5) is 4.79 Å². The van der Waals surface area contributed by atoms with E-state index < -0.39 is 0 Å². The van der Waals surface area contributed by atoms with Crippen molar-refractivity contribution < 1.29 is 26.8 Å². The van der Waals surface area contributed by atoms with E-state index in [1.165, 1.54) is 0 Å². The monoisotopic (exact) mass is 630 g/mol. The summed E-state index contributed by atoms with van der Waals surface area (Å²) in [6.07, 6.45) is 7.83. The Bertz CT molecular complexity index is 1860. The molecule has 0 radical (unpaired) electrons. The number of quaternary nitrogens is 1. The predicted octanol–water partition coefficient (Wildman–Crippen LogP) is 2.05. The van der Waals surface area contributed by atoms with Gasteiger partial charge in [-0.1, -0.05) is 72.8 Å². The van der Waals surface area contributed by atoms with Crippen molar-refractivity contribution in [3.05, 3.63) is 126 Å². The number of carbonyl (C=O) groups is 1. The number of amides is 1. The first kappa shape index (κ1) is 30.0. The number of nitrogens with one attached hydrogen (secondary N) is 1. The number of amidine groups is 1. The van der Waals surface area contributed by atoms with E-state index in [1.54, 1.807) is 0 Å². The molecule has 1 aromatic heterocycles. The van der Waals surface area contributed by atoms with E-state index in [0.29, 0.717) is 31.7 Å². The fourth-order valence-corrected chi connectivity index (χ4v) is 6.80. The summed E-state index contributed by atoms with van der Waals surface area (Å²) in [5, 5.41) is 1.11. The number of rotatable bonds is 6. The van der Waals surface area contributed by atoms with Crippen molar-refractivity contribution in [2.75, 3.05) is 26.2 Å². The third kappa shape index (κ3) is 5.87. The third-order valence-electron chi connectivity index (χ3n) is 9.41. The van der Waals surface area contributed by atoms with Crippen LogP contribution in [0.5, 0.6) is 0 Å². The molecule has 1 unspecified atom stereocenters. The second kappa shape index (κ2) is 13.0. The maximum Gasteiger partial charge on any atom is 0.410 e. The van der Waals surface area contributed by atoms with Crippen LogP contribution in [-0.2, 0) is 11.3 Å². The summed E-state index contributed by atoms with van der Waals surface area (Å²) in [6.45, 7) is 3.45. The van der Waals surface area contributed by atoms with E-state index in [1.807, 2.05) is 65.8 Å². The van der Waals surface area contributed by atoms with Crippen LogP contribution in [0.15, 0.2) is 125 Å². The topological polar surface area (TPSA) is 74.8 Å². The molecule has 0 spiro atoms. The van der Waals surface area contributed by atoms with Crippen molar-refractivity contribution in [1.82, 2.24) is 14.8 Å². The van der Waals surface area contributed by atoms with Gasteiger partial charge in [-0.25, -0.2) is 14.7 Å². The Morgan fingerprint density at radius 3 is 2.39 bits per heavy atom. The minimum atomic E-state index is -0.224. The van der Waals surface area contributed by atoms with Crippen LogP contribution in [0.3, 0.4) is 0 Å². The minimum absolute atomic E-state index is 0. The van der Waals surface area contributed by atoms with Crippen molar-refractivity contribution >= 4 is 29.0 Å². The van der Waals surface area contributed by atoms with Crippen molar-refractivity contribution in [2.45, 2.75) is 25.5 Å². The number of hydrogen-bond donors (Lipinski definition) is 1. The van der Waals surface area contributed by atoms with E-state index in [4.69, 9.17) is 14.7 Å². The molecule has 0 bridgehead atoms. The zero-order valence-corrected chi connectivity index (χ0v) is 26.2. The maximum atomic E-state index is 12.6. The van der Waals surface area contributed by atoms with Gasteiger partial charge in [-0.2, -0.15) is 4.99 Å². The molecular weight excluding hydrogens is 596 g/mol. The summed E-state index contributed by atoms with van der Waals surface area (Å²) in [7, 11) is 0. The predicted molar refractivity (Wildman–Crippen MR) is 176 cm³/mol. The molecule has 4 aliphatic rings. The van der Waals surface area contributed by atoms with Crippen LogP contribution in [0.2, 0.25) is 0 Å². The maximum absolute atomic E-state index is 12.6. The molecule has 8 nitrogen and oxygen atoms in total. The second-order valence-corrected chi connectivity index (χ2v) is 12.1. The van der Waals surface area contributed by atoms with Gasteiger partial charge < -0.3 is 22.0 Å². The molecule has 3 aromatic carbocycles. The molecule has 4 heterocycles. The van der Waals surface area contributed by atoms with Gasteiger partial charge in [0.2, 0.25) is 5.84 Å². The smallest absolute Gasteiger partial charge is 0.410 e. The SMILES string of the molecule is O=C(OCc1ccccc1)N1CCN(C2CC(C3=C4C=NC=C[NH+]4C(c4ccc5ccc(-c6ccccc6)nc5c4)=N3)C2)CC1.[Cl-]. The van der Waals surface area contributed by atoms with Gasteiger partial charge in [0.15, 0.2) is 5.70 Å². The normalized spacial score (nSPS) is 22.2. The second-order valence-electron chi connectivity index (χ2n) is 12.1. The lowest BCUT2D eigenvalue weighted by Gasteiger charge is -2.46. The molecule has 1 atom stereocenters. The zero-order valence-electron chi connectivity index (χ0n) is 25.4. The van der Waals surface area contributed by atoms with Crippen LogP contribution in [0.1, 0.15) is 24.0 Å². The summed E-state index contributed by atoms with van der Waals surface area (Å²) < 4.78 is 5.56. The van der Waals surface area contributed by atoms with Crippen LogP contribution in [0, 0.1) is 5.92 Å². The molecule has 4 aromatic rings. The molecule has 9 heteroatoms. The molecule has 1 saturated heterocycles. The lowest BCUT2D eigenvalue weighted by Crippen LogP contribution is -3.08. The summed E-state index contributed by atoms with van der Waals surface area (Å²) in [5.74, 6) is 1.40. The van der Waals surface area contributed by atoms with Gasteiger partial charge in [-0.05, 0) is 36.6 Å². The van der Waals surface area contributed by atoms with Crippen LogP contribution >= 0.6 is 0 Å². The van der Waals surface area contributed by atoms with Gasteiger partial charge in [-0.15, -0.1) is 0 Å². The first-order valence-corrected chi connectivity index (χ1v) is 15.8. The van der Waals surface area contributed by atoms with Crippen LogP contribution in [-0.4, -0.2) is 65.1 Å².